The SMILES string of the molecule is C=C(CN[C@@H](C)c1ccccc1C)c1ccccc1. The number of hydrogen-bond donors (Lipinski definition) is 1. The Morgan fingerprint density at radius 2 is 1.68 bits per heavy atom. The third-order valence-electron chi connectivity index (χ3n) is 3.46. The minimum Gasteiger partial charge on any atom is -0.306 e. The van der Waals surface area contributed by atoms with Gasteiger partial charge in [0.05, 0.1) is 0 Å². The van der Waals surface area contributed by atoms with E-state index in [1.807, 2.05) is 18.2 Å². The maximum atomic E-state index is 4.15. The minimum absolute atomic E-state index is 0.335. The van der Waals surface area contributed by atoms with Gasteiger partial charge in [-0.3, -0.25) is 0 Å². The van der Waals surface area contributed by atoms with Gasteiger partial charge in [0.25, 0.3) is 0 Å². The molecule has 2 rings (SSSR count). The second-order valence-electron chi connectivity index (χ2n) is 4.93. The van der Waals surface area contributed by atoms with E-state index in [1.165, 1.54) is 16.7 Å². The summed E-state index contributed by atoms with van der Waals surface area (Å²) < 4.78 is 0. The normalized spacial score (nSPS) is 12.1. The van der Waals surface area contributed by atoms with Crippen LogP contribution in [0.15, 0.2) is 61.2 Å². The van der Waals surface area contributed by atoms with Crippen LogP contribution in [-0.2, 0) is 0 Å². The fourth-order valence-electron chi connectivity index (χ4n) is 2.23. The molecule has 0 saturated heterocycles. The van der Waals surface area contributed by atoms with Crippen molar-refractivity contribution in [2.75, 3.05) is 6.54 Å². The van der Waals surface area contributed by atoms with Crippen LogP contribution in [0.3, 0.4) is 0 Å². The highest BCUT2D eigenvalue weighted by Gasteiger charge is 2.07. The van der Waals surface area contributed by atoms with Crippen molar-refractivity contribution < 1.29 is 0 Å². The van der Waals surface area contributed by atoms with Gasteiger partial charge in [0.15, 0.2) is 0 Å². The van der Waals surface area contributed by atoms with Crippen LogP contribution in [0.4, 0.5) is 0 Å². The molecule has 1 nitrogen and oxygen atoms in total. The Labute approximate surface area is 116 Å². The average Bonchev–Trinajstić information content (AvgIpc) is 2.46. The van der Waals surface area contributed by atoms with Crippen molar-refractivity contribution in [1.29, 1.82) is 0 Å². The first kappa shape index (κ1) is 13.6. The first-order valence-electron chi connectivity index (χ1n) is 6.70. The predicted octanol–water partition coefficient (Wildman–Crippen LogP) is 4.36. The molecule has 2 aromatic carbocycles. The summed E-state index contributed by atoms with van der Waals surface area (Å²) in [6.45, 7) is 9.30. The van der Waals surface area contributed by atoms with E-state index in [1.54, 1.807) is 0 Å². The van der Waals surface area contributed by atoms with Crippen LogP contribution < -0.4 is 5.32 Å². The molecule has 0 aliphatic carbocycles. The molecule has 0 radical (unpaired) electrons. The van der Waals surface area contributed by atoms with E-state index in [4.69, 9.17) is 0 Å². The standard InChI is InChI=1S/C18H21N/c1-14-9-7-8-12-18(14)16(3)19-13-15(2)17-10-5-4-6-11-17/h4-12,16,19H,2,13H2,1,3H3/t16-/m0/s1. The Bertz CT molecular complexity index is 543. The van der Waals surface area contributed by atoms with Gasteiger partial charge in [-0.25, -0.2) is 0 Å². The van der Waals surface area contributed by atoms with Gasteiger partial charge in [0.2, 0.25) is 0 Å². The summed E-state index contributed by atoms with van der Waals surface area (Å²) >= 11 is 0. The van der Waals surface area contributed by atoms with E-state index in [-0.39, 0.29) is 0 Å². The lowest BCUT2D eigenvalue weighted by molar-refractivity contribution is 0.619. The lowest BCUT2D eigenvalue weighted by Gasteiger charge is -2.17. The van der Waals surface area contributed by atoms with Crippen LogP contribution in [0, 0.1) is 6.92 Å². The molecule has 1 atom stereocenters. The number of hydrogen-bond acceptors (Lipinski definition) is 1. The molecule has 1 heteroatoms. The monoisotopic (exact) mass is 251 g/mol. The Hall–Kier alpha value is -1.86. The maximum absolute atomic E-state index is 4.15. The molecule has 98 valence electrons. The zero-order valence-corrected chi connectivity index (χ0v) is 11.7. The van der Waals surface area contributed by atoms with Crippen LogP contribution in [0.2, 0.25) is 0 Å². The van der Waals surface area contributed by atoms with Gasteiger partial charge in [-0.2, -0.15) is 0 Å². The maximum Gasteiger partial charge on any atom is 0.0297 e. The highest BCUT2D eigenvalue weighted by atomic mass is 14.9. The molecular weight excluding hydrogens is 230 g/mol. The van der Waals surface area contributed by atoms with Crippen molar-refractivity contribution >= 4 is 5.57 Å². The first-order valence-corrected chi connectivity index (χ1v) is 6.70. The van der Waals surface area contributed by atoms with E-state index in [9.17, 15) is 0 Å². The van der Waals surface area contributed by atoms with E-state index < -0.39 is 0 Å². The second-order valence-corrected chi connectivity index (χ2v) is 4.93. The van der Waals surface area contributed by atoms with Gasteiger partial charge in [-0.1, -0.05) is 61.2 Å². The summed E-state index contributed by atoms with van der Waals surface area (Å²) in [6, 6.07) is 19.2. The molecule has 0 aliphatic heterocycles. The van der Waals surface area contributed by atoms with Crippen molar-refractivity contribution in [3.63, 3.8) is 0 Å². The molecule has 0 amide bonds. The molecule has 1 N–H and O–H groups in total. The van der Waals surface area contributed by atoms with E-state index in [2.05, 4.69) is 62.1 Å². The topological polar surface area (TPSA) is 12.0 Å². The van der Waals surface area contributed by atoms with Crippen LogP contribution in [0.1, 0.15) is 29.7 Å². The Kier molecular flexibility index (Phi) is 4.53. The summed E-state index contributed by atoms with van der Waals surface area (Å²) in [5.41, 5.74) is 5.00. The molecule has 0 bridgehead atoms. The minimum atomic E-state index is 0.335. The van der Waals surface area contributed by atoms with Gasteiger partial charge in [-0.15, -0.1) is 0 Å². The molecule has 0 spiro atoms. The molecule has 0 heterocycles. The Balaban J connectivity index is 1.96. The summed E-state index contributed by atoms with van der Waals surface area (Å²) in [5, 5.41) is 3.54. The average molecular weight is 251 g/mol. The van der Waals surface area contributed by atoms with Crippen LogP contribution >= 0.6 is 0 Å². The number of benzene rings is 2. The third-order valence-corrected chi connectivity index (χ3v) is 3.46. The molecule has 0 saturated carbocycles. The molecule has 0 aromatic heterocycles. The first-order chi connectivity index (χ1) is 9.18. The van der Waals surface area contributed by atoms with Crippen molar-refractivity contribution in [3.05, 3.63) is 77.9 Å². The van der Waals surface area contributed by atoms with Crippen molar-refractivity contribution in [1.82, 2.24) is 5.32 Å². The number of nitrogens with one attached hydrogen (secondary N) is 1. The van der Waals surface area contributed by atoms with Crippen LogP contribution in [0.5, 0.6) is 0 Å². The second kappa shape index (κ2) is 6.35. The van der Waals surface area contributed by atoms with Gasteiger partial charge in [0.1, 0.15) is 0 Å². The van der Waals surface area contributed by atoms with Gasteiger partial charge >= 0.3 is 0 Å². The van der Waals surface area contributed by atoms with Crippen LogP contribution in [-0.4, -0.2) is 6.54 Å². The van der Waals surface area contributed by atoms with E-state index >= 15 is 0 Å². The summed E-state index contributed by atoms with van der Waals surface area (Å²) in [5.74, 6) is 0. The molecule has 0 fully saturated rings. The summed E-state index contributed by atoms with van der Waals surface area (Å²) in [4.78, 5) is 0. The highest BCUT2D eigenvalue weighted by molar-refractivity contribution is 5.64. The Morgan fingerprint density at radius 1 is 1.05 bits per heavy atom. The third kappa shape index (κ3) is 3.55. The Morgan fingerprint density at radius 3 is 2.37 bits per heavy atom. The molecule has 0 unspecified atom stereocenters. The van der Waals surface area contributed by atoms with Crippen molar-refractivity contribution in [2.45, 2.75) is 19.9 Å². The molecular formula is C18H21N. The highest BCUT2D eigenvalue weighted by Crippen LogP contribution is 2.18. The largest absolute Gasteiger partial charge is 0.306 e. The fraction of sp³-hybridized carbons (Fsp3) is 0.222. The number of rotatable bonds is 5. The van der Waals surface area contributed by atoms with E-state index in [0.717, 1.165) is 12.1 Å². The zero-order valence-electron chi connectivity index (χ0n) is 11.7. The lowest BCUT2D eigenvalue weighted by Crippen LogP contribution is -2.21. The molecule has 0 aliphatic rings. The summed E-state index contributed by atoms with van der Waals surface area (Å²) in [6.07, 6.45) is 0. The fourth-order valence-corrected chi connectivity index (χ4v) is 2.23. The lowest BCUT2D eigenvalue weighted by atomic mass is 10.0. The zero-order chi connectivity index (χ0) is 13.7. The molecule has 19 heavy (non-hydrogen) atoms. The molecule has 2 aromatic rings. The number of aryl methyl sites for hydroxylation is 1. The van der Waals surface area contributed by atoms with Crippen LogP contribution in [0.25, 0.3) is 5.57 Å². The van der Waals surface area contributed by atoms with Crippen molar-refractivity contribution in [3.8, 4) is 0 Å². The smallest absolute Gasteiger partial charge is 0.0297 e. The van der Waals surface area contributed by atoms with Gasteiger partial charge < -0.3 is 5.32 Å². The van der Waals surface area contributed by atoms with Crippen molar-refractivity contribution in [2.24, 2.45) is 0 Å². The van der Waals surface area contributed by atoms with E-state index in [0.29, 0.717) is 6.04 Å². The van der Waals surface area contributed by atoms with Gasteiger partial charge in [-0.05, 0) is 36.1 Å². The van der Waals surface area contributed by atoms with Gasteiger partial charge in [0, 0.05) is 12.6 Å². The summed E-state index contributed by atoms with van der Waals surface area (Å²) in [7, 11) is 0. The quantitative estimate of drug-likeness (QED) is 0.832. The predicted molar refractivity (Wildman–Crippen MR) is 83.1 cm³/mol.